The van der Waals surface area contributed by atoms with Crippen molar-refractivity contribution in [2.75, 3.05) is 13.2 Å². The Morgan fingerprint density at radius 2 is 1.58 bits per heavy atom. The number of carbonyl (C=O) groups is 2. The van der Waals surface area contributed by atoms with Gasteiger partial charge in [-0.1, -0.05) is 54.6 Å². The number of fused-ring (bicyclic) bond motifs is 2. The second-order valence-corrected chi connectivity index (χ2v) is 11.8. The van der Waals surface area contributed by atoms with Crippen molar-refractivity contribution in [1.82, 2.24) is 10.3 Å². The van der Waals surface area contributed by atoms with E-state index in [0.717, 1.165) is 60.8 Å². The standard InChI is InChI=1S/C36H38N2O5/c1-21-22(2)29(19-30(23(21)3)34(40)38-36(4,5)20-39)28-15-9-14-26-27(33(35(41)42)37-32(26)28)16-10-18-43-31-17-8-12-24-11-6-7-13-25(24)31/h6-9,11-15,17,19,37,39H,10,16,18,20H2,1-5H3,(H,38,40)(H,41,42). The average Bonchev–Trinajstić information content (AvgIpc) is 3.37. The molecule has 4 N–H and O–H groups in total. The predicted octanol–water partition coefficient (Wildman–Crippen LogP) is 7.12. The minimum absolute atomic E-state index is 0.164. The molecular formula is C36H38N2O5. The Balaban J connectivity index is 1.48. The number of carboxylic acids is 1. The van der Waals surface area contributed by atoms with E-state index in [2.05, 4.69) is 10.3 Å². The molecule has 5 aromatic rings. The molecule has 0 fully saturated rings. The molecule has 0 aliphatic rings. The highest BCUT2D eigenvalue weighted by Crippen LogP contribution is 2.37. The number of H-pyrrole nitrogens is 1. The fourth-order valence-corrected chi connectivity index (χ4v) is 5.67. The van der Waals surface area contributed by atoms with Gasteiger partial charge in [0, 0.05) is 21.9 Å². The first-order valence-corrected chi connectivity index (χ1v) is 14.5. The third-order valence-corrected chi connectivity index (χ3v) is 8.34. The van der Waals surface area contributed by atoms with E-state index in [-0.39, 0.29) is 18.2 Å². The molecule has 0 aliphatic heterocycles. The molecule has 4 aromatic carbocycles. The van der Waals surface area contributed by atoms with Crippen LogP contribution in [0.5, 0.6) is 5.75 Å². The number of nitrogens with one attached hydrogen (secondary N) is 2. The van der Waals surface area contributed by atoms with E-state index in [1.54, 1.807) is 13.8 Å². The third-order valence-electron chi connectivity index (χ3n) is 8.34. The van der Waals surface area contributed by atoms with E-state index in [0.29, 0.717) is 25.0 Å². The molecule has 0 unspecified atom stereocenters. The van der Waals surface area contributed by atoms with Gasteiger partial charge in [0.1, 0.15) is 11.4 Å². The van der Waals surface area contributed by atoms with Crippen molar-refractivity contribution in [3.8, 4) is 16.9 Å². The molecule has 1 aromatic heterocycles. The van der Waals surface area contributed by atoms with E-state index in [9.17, 15) is 19.8 Å². The Morgan fingerprint density at radius 3 is 2.33 bits per heavy atom. The van der Waals surface area contributed by atoms with Crippen LogP contribution in [0, 0.1) is 20.8 Å². The molecule has 5 rings (SSSR count). The van der Waals surface area contributed by atoms with Crippen LogP contribution < -0.4 is 10.1 Å². The van der Waals surface area contributed by atoms with Crippen molar-refractivity contribution >= 4 is 33.6 Å². The maximum Gasteiger partial charge on any atom is 0.352 e. The van der Waals surface area contributed by atoms with E-state index in [1.807, 2.05) is 87.5 Å². The summed E-state index contributed by atoms with van der Waals surface area (Å²) in [5, 5.41) is 25.7. The fraction of sp³-hybridized carbons (Fsp3) is 0.278. The summed E-state index contributed by atoms with van der Waals surface area (Å²) in [5.74, 6) is -0.474. The minimum Gasteiger partial charge on any atom is -0.493 e. The van der Waals surface area contributed by atoms with Crippen LogP contribution in [0.3, 0.4) is 0 Å². The first kappa shape index (κ1) is 29.9. The number of hydrogen-bond acceptors (Lipinski definition) is 4. The topological polar surface area (TPSA) is 112 Å². The monoisotopic (exact) mass is 578 g/mol. The largest absolute Gasteiger partial charge is 0.493 e. The minimum atomic E-state index is -1.02. The molecule has 1 amide bonds. The number of carbonyl (C=O) groups excluding carboxylic acids is 1. The number of hydrogen-bond donors (Lipinski definition) is 4. The molecule has 0 spiro atoms. The number of aliphatic hydroxyl groups excluding tert-OH is 1. The van der Waals surface area contributed by atoms with Crippen LogP contribution in [-0.2, 0) is 6.42 Å². The summed E-state index contributed by atoms with van der Waals surface area (Å²) in [6.45, 7) is 9.71. The summed E-state index contributed by atoms with van der Waals surface area (Å²) < 4.78 is 6.13. The van der Waals surface area contributed by atoms with Gasteiger partial charge in [0.15, 0.2) is 0 Å². The summed E-state index contributed by atoms with van der Waals surface area (Å²) in [7, 11) is 0. The Labute approximate surface area is 251 Å². The zero-order valence-corrected chi connectivity index (χ0v) is 25.3. The summed E-state index contributed by atoms with van der Waals surface area (Å²) >= 11 is 0. The number of aliphatic hydroxyl groups is 1. The molecule has 0 saturated heterocycles. The molecule has 222 valence electrons. The van der Waals surface area contributed by atoms with Crippen LogP contribution in [0.15, 0.2) is 66.7 Å². The molecule has 43 heavy (non-hydrogen) atoms. The number of benzene rings is 4. The van der Waals surface area contributed by atoms with Gasteiger partial charge in [0.2, 0.25) is 0 Å². The smallest absolute Gasteiger partial charge is 0.352 e. The zero-order chi connectivity index (χ0) is 30.9. The molecule has 0 radical (unpaired) electrons. The van der Waals surface area contributed by atoms with Crippen LogP contribution in [0.1, 0.15) is 63.4 Å². The average molecular weight is 579 g/mol. The highest BCUT2D eigenvalue weighted by Gasteiger charge is 2.25. The van der Waals surface area contributed by atoms with Crippen molar-refractivity contribution < 1.29 is 24.5 Å². The van der Waals surface area contributed by atoms with Crippen molar-refractivity contribution in [3.63, 3.8) is 0 Å². The van der Waals surface area contributed by atoms with E-state index in [4.69, 9.17) is 4.74 Å². The third kappa shape index (κ3) is 5.86. The molecule has 0 bridgehead atoms. The maximum absolute atomic E-state index is 13.3. The summed E-state index contributed by atoms with van der Waals surface area (Å²) in [5.41, 5.74) is 5.91. The van der Waals surface area contributed by atoms with Gasteiger partial charge in [0.05, 0.1) is 24.3 Å². The molecular weight excluding hydrogens is 540 g/mol. The Hall–Kier alpha value is -4.62. The fourth-order valence-electron chi connectivity index (χ4n) is 5.67. The number of aromatic nitrogens is 1. The number of aryl methyl sites for hydroxylation is 1. The second-order valence-electron chi connectivity index (χ2n) is 11.8. The number of para-hydroxylation sites is 1. The summed E-state index contributed by atoms with van der Waals surface area (Å²) in [6, 6.07) is 21.7. The van der Waals surface area contributed by atoms with Gasteiger partial charge in [-0.3, -0.25) is 4.79 Å². The lowest BCUT2D eigenvalue weighted by molar-refractivity contribution is 0.0689. The van der Waals surface area contributed by atoms with Gasteiger partial charge in [-0.25, -0.2) is 4.79 Å². The van der Waals surface area contributed by atoms with Gasteiger partial charge in [-0.2, -0.15) is 0 Å². The molecule has 0 saturated carbocycles. The molecule has 7 nitrogen and oxygen atoms in total. The van der Waals surface area contributed by atoms with Gasteiger partial charge in [0.25, 0.3) is 5.91 Å². The van der Waals surface area contributed by atoms with Gasteiger partial charge in [-0.15, -0.1) is 0 Å². The van der Waals surface area contributed by atoms with Crippen LogP contribution in [0.4, 0.5) is 0 Å². The lowest BCUT2D eigenvalue weighted by Gasteiger charge is -2.25. The summed E-state index contributed by atoms with van der Waals surface area (Å²) in [4.78, 5) is 28.9. The predicted molar refractivity (Wildman–Crippen MR) is 171 cm³/mol. The Bertz CT molecular complexity index is 1850. The zero-order valence-electron chi connectivity index (χ0n) is 25.3. The van der Waals surface area contributed by atoms with E-state index >= 15 is 0 Å². The van der Waals surface area contributed by atoms with Gasteiger partial charge < -0.3 is 25.3 Å². The number of aromatic amines is 1. The molecule has 1 heterocycles. The lowest BCUT2D eigenvalue weighted by Crippen LogP contribution is -2.46. The SMILES string of the molecule is Cc1c(C(=O)NC(C)(C)CO)cc(-c2cccc3c(CCCOc4cccc5ccccc45)c(C(=O)O)[nH]c23)c(C)c1C. The number of rotatable bonds is 10. The van der Waals surface area contributed by atoms with E-state index in [1.165, 1.54) is 0 Å². The molecule has 0 atom stereocenters. The number of aromatic carboxylic acids is 1. The molecule has 0 aliphatic carbocycles. The van der Waals surface area contributed by atoms with Crippen LogP contribution in [0.2, 0.25) is 0 Å². The quantitative estimate of drug-likeness (QED) is 0.132. The first-order chi connectivity index (χ1) is 20.5. The molecule has 7 heteroatoms. The first-order valence-electron chi connectivity index (χ1n) is 14.5. The van der Waals surface area contributed by atoms with Crippen LogP contribution in [0.25, 0.3) is 32.8 Å². The highest BCUT2D eigenvalue weighted by atomic mass is 16.5. The number of amides is 1. The van der Waals surface area contributed by atoms with Gasteiger partial charge >= 0.3 is 5.97 Å². The lowest BCUT2D eigenvalue weighted by atomic mass is 9.89. The maximum atomic E-state index is 13.3. The Morgan fingerprint density at radius 1 is 0.884 bits per heavy atom. The van der Waals surface area contributed by atoms with Crippen LogP contribution >= 0.6 is 0 Å². The second kappa shape index (κ2) is 11.9. The Kier molecular flexibility index (Phi) is 8.29. The summed E-state index contributed by atoms with van der Waals surface area (Å²) in [6.07, 6.45) is 1.15. The van der Waals surface area contributed by atoms with Crippen molar-refractivity contribution in [1.29, 1.82) is 0 Å². The van der Waals surface area contributed by atoms with Gasteiger partial charge in [-0.05, 0) is 92.8 Å². The van der Waals surface area contributed by atoms with Crippen molar-refractivity contribution in [3.05, 3.63) is 100 Å². The number of carboxylic acid groups (broad SMARTS) is 1. The van der Waals surface area contributed by atoms with E-state index < -0.39 is 11.5 Å². The number of ether oxygens (including phenoxy) is 1. The van der Waals surface area contributed by atoms with Crippen LogP contribution in [-0.4, -0.2) is 45.8 Å². The van der Waals surface area contributed by atoms with Crippen molar-refractivity contribution in [2.24, 2.45) is 0 Å². The highest BCUT2D eigenvalue weighted by molar-refractivity contribution is 6.05. The normalized spacial score (nSPS) is 11.7. The van der Waals surface area contributed by atoms with Crippen molar-refractivity contribution in [2.45, 2.75) is 53.0 Å².